The smallest absolute Gasteiger partial charge is 0.411 e. The summed E-state index contributed by atoms with van der Waals surface area (Å²) >= 11 is 1.36. The highest BCUT2D eigenvalue weighted by Crippen LogP contribution is 2.34. The molecule has 0 spiro atoms. The summed E-state index contributed by atoms with van der Waals surface area (Å²) in [6, 6.07) is 0. The van der Waals surface area contributed by atoms with Crippen molar-refractivity contribution >= 4 is 40.9 Å². The fourth-order valence-electron chi connectivity index (χ4n) is 1.80. The van der Waals surface area contributed by atoms with E-state index >= 15 is 0 Å². The summed E-state index contributed by atoms with van der Waals surface area (Å²) < 4.78 is 9.39. The van der Waals surface area contributed by atoms with E-state index in [1.165, 1.54) is 18.4 Å². The van der Waals surface area contributed by atoms with E-state index in [9.17, 15) is 14.4 Å². The summed E-state index contributed by atoms with van der Waals surface area (Å²) in [5.41, 5.74) is 0.873. The SMILES string of the molecule is CCOC(=O)Nc1c(NC(=O)OC)csc1CCCCC(=O)O. The van der Waals surface area contributed by atoms with Crippen molar-refractivity contribution in [3.63, 3.8) is 0 Å². The number of methoxy groups -OCH3 is 1. The molecule has 0 aliphatic heterocycles. The van der Waals surface area contributed by atoms with Gasteiger partial charge in [-0.05, 0) is 26.2 Å². The van der Waals surface area contributed by atoms with Gasteiger partial charge >= 0.3 is 18.2 Å². The van der Waals surface area contributed by atoms with E-state index in [0.29, 0.717) is 30.6 Å². The molecule has 0 saturated carbocycles. The number of hydrogen-bond donors (Lipinski definition) is 3. The molecule has 0 saturated heterocycles. The molecule has 1 aromatic rings. The first-order valence-corrected chi connectivity index (χ1v) is 7.96. The first-order valence-electron chi connectivity index (χ1n) is 7.08. The van der Waals surface area contributed by atoms with Crippen molar-refractivity contribution < 1.29 is 29.0 Å². The number of carbonyl (C=O) groups excluding carboxylic acids is 2. The minimum Gasteiger partial charge on any atom is -0.481 e. The number of unbranched alkanes of at least 4 members (excludes halogenated alkanes) is 1. The van der Waals surface area contributed by atoms with Crippen molar-refractivity contribution in [3.05, 3.63) is 10.3 Å². The molecule has 0 aliphatic rings. The van der Waals surface area contributed by atoms with Gasteiger partial charge in [0.05, 0.1) is 25.1 Å². The number of nitrogens with one attached hydrogen (secondary N) is 2. The van der Waals surface area contributed by atoms with Crippen molar-refractivity contribution in [3.8, 4) is 0 Å². The molecule has 1 heterocycles. The van der Waals surface area contributed by atoms with Crippen LogP contribution in [0, 0.1) is 0 Å². The standard InChI is InChI=1S/C14H20N2O6S/c1-3-22-14(20)16-12-9(15-13(19)21-2)8-23-10(12)6-4-5-7-11(17)18/h8H,3-7H2,1-2H3,(H,15,19)(H,16,20)(H,17,18). The lowest BCUT2D eigenvalue weighted by Crippen LogP contribution is -2.17. The molecule has 0 fully saturated rings. The number of carbonyl (C=O) groups is 3. The third kappa shape index (κ3) is 6.55. The van der Waals surface area contributed by atoms with Gasteiger partial charge in [-0.15, -0.1) is 11.3 Å². The van der Waals surface area contributed by atoms with Crippen LogP contribution in [0.3, 0.4) is 0 Å². The Bertz CT molecular complexity index is 557. The molecule has 2 amide bonds. The number of rotatable bonds is 8. The number of anilines is 2. The maximum atomic E-state index is 11.6. The number of carboxylic acids is 1. The van der Waals surface area contributed by atoms with Crippen LogP contribution in [0.15, 0.2) is 5.38 Å². The molecule has 0 aromatic carbocycles. The fourth-order valence-corrected chi connectivity index (χ4v) is 2.78. The first kappa shape index (κ1) is 18.8. The van der Waals surface area contributed by atoms with Gasteiger partial charge in [-0.3, -0.25) is 15.4 Å². The maximum Gasteiger partial charge on any atom is 0.411 e. The normalized spacial score (nSPS) is 10.0. The predicted molar refractivity (Wildman–Crippen MR) is 86.2 cm³/mol. The zero-order chi connectivity index (χ0) is 17.2. The van der Waals surface area contributed by atoms with Crippen molar-refractivity contribution in [1.29, 1.82) is 0 Å². The first-order chi connectivity index (χ1) is 11.0. The zero-order valence-electron chi connectivity index (χ0n) is 13.0. The van der Waals surface area contributed by atoms with Gasteiger partial charge in [0, 0.05) is 16.7 Å². The summed E-state index contributed by atoms with van der Waals surface area (Å²) in [5, 5.41) is 15.5. The van der Waals surface area contributed by atoms with Crippen molar-refractivity contribution in [2.24, 2.45) is 0 Å². The van der Waals surface area contributed by atoms with Crippen LogP contribution < -0.4 is 10.6 Å². The Labute approximate surface area is 137 Å². The Morgan fingerprint density at radius 2 is 1.96 bits per heavy atom. The van der Waals surface area contributed by atoms with Crippen LogP contribution in [0.2, 0.25) is 0 Å². The molecule has 0 aliphatic carbocycles. The zero-order valence-corrected chi connectivity index (χ0v) is 13.8. The highest BCUT2D eigenvalue weighted by atomic mass is 32.1. The Morgan fingerprint density at radius 3 is 2.57 bits per heavy atom. The van der Waals surface area contributed by atoms with Gasteiger partial charge in [-0.25, -0.2) is 9.59 Å². The Balaban J connectivity index is 2.80. The molecular weight excluding hydrogens is 324 g/mol. The Morgan fingerprint density at radius 1 is 1.22 bits per heavy atom. The third-order valence-electron chi connectivity index (χ3n) is 2.84. The highest BCUT2D eigenvalue weighted by molar-refractivity contribution is 7.11. The molecule has 0 atom stereocenters. The topological polar surface area (TPSA) is 114 Å². The molecule has 3 N–H and O–H groups in total. The van der Waals surface area contributed by atoms with Crippen molar-refractivity contribution in [1.82, 2.24) is 0 Å². The quantitative estimate of drug-likeness (QED) is 0.624. The molecule has 9 heteroatoms. The van der Waals surface area contributed by atoms with Gasteiger partial charge in [0.1, 0.15) is 0 Å². The second kappa shape index (κ2) is 9.67. The van der Waals surface area contributed by atoms with Crippen molar-refractivity contribution in [2.75, 3.05) is 24.4 Å². The van der Waals surface area contributed by atoms with Gasteiger partial charge in [-0.2, -0.15) is 0 Å². The summed E-state index contributed by atoms with van der Waals surface area (Å²) in [5.74, 6) is -0.839. The molecule has 128 valence electrons. The third-order valence-corrected chi connectivity index (χ3v) is 3.88. The van der Waals surface area contributed by atoms with Crippen LogP contribution in [0.25, 0.3) is 0 Å². The van der Waals surface area contributed by atoms with Crippen LogP contribution in [0.1, 0.15) is 31.1 Å². The van der Waals surface area contributed by atoms with Crippen molar-refractivity contribution in [2.45, 2.75) is 32.6 Å². The second-order valence-electron chi connectivity index (χ2n) is 4.51. The second-order valence-corrected chi connectivity index (χ2v) is 5.47. The number of amides is 2. The minimum absolute atomic E-state index is 0.0965. The number of aryl methyl sites for hydroxylation is 1. The van der Waals surface area contributed by atoms with E-state index in [2.05, 4.69) is 15.4 Å². The summed E-state index contributed by atoms with van der Waals surface area (Å²) in [7, 11) is 1.24. The molecule has 0 bridgehead atoms. The molecule has 1 aromatic heterocycles. The molecule has 0 radical (unpaired) electrons. The summed E-state index contributed by atoms with van der Waals surface area (Å²) in [6.45, 7) is 1.91. The number of thiophene rings is 1. The minimum atomic E-state index is -0.839. The molecule has 1 rings (SSSR count). The van der Waals surface area contributed by atoms with Gasteiger partial charge in [-0.1, -0.05) is 0 Å². The average Bonchev–Trinajstić information content (AvgIpc) is 2.85. The highest BCUT2D eigenvalue weighted by Gasteiger charge is 2.17. The largest absolute Gasteiger partial charge is 0.481 e. The van der Waals surface area contributed by atoms with Crippen LogP contribution >= 0.6 is 11.3 Å². The van der Waals surface area contributed by atoms with Gasteiger partial charge in [0.25, 0.3) is 0 Å². The van der Waals surface area contributed by atoms with Gasteiger partial charge < -0.3 is 14.6 Å². The number of carboxylic acid groups (broad SMARTS) is 1. The lowest BCUT2D eigenvalue weighted by atomic mass is 10.1. The summed E-state index contributed by atoms with van der Waals surface area (Å²) in [6.07, 6.45) is 0.605. The fraction of sp³-hybridized carbons (Fsp3) is 0.500. The molecule has 23 heavy (non-hydrogen) atoms. The Kier molecular flexibility index (Phi) is 7.89. The number of aliphatic carboxylic acids is 1. The molecule has 0 unspecified atom stereocenters. The number of ether oxygens (including phenoxy) is 2. The summed E-state index contributed by atoms with van der Waals surface area (Å²) in [4.78, 5) is 34.3. The van der Waals surface area contributed by atoms with E-state index in [0.717, 1.165) is 4.88 Å². The maximum absolute atomic E-state index is 11.6. The lowest BCUT2D eigenvalue weighted by Gasteiger charge is -2.10. The van der Waals surface area contributed by atoms with Crippen LogP contribution in [0.5, 0.6) is 0 Å². The van der Waals surface area contributed by atoms with Gasteiger partial charge in [0.2, 0.25) is 0 Å². The molecular formula is C14H20N2O6S. The van der Waals surface area contributed by atoms with E-state index < -0.39 is 18.2 Å². The monoisotopic (exact) mass is 344 g/mol. The van der Waals surface area contributed by atoms with E-state index in [-0.39, 0.29) is 13.0 Å². The van der Waals surface area contributed by atoms with E-state index in [1.54, 1.807) is 12.3 Å². The van der Waals surface area contributed by atoms with Crippen LogP contribution in [0.4, 0.5) is 21.0 Å². The molecule has 8 nitrogen and oxygen atoms in total. The van der Waals surface area contributed by atoms with E-state index in [4.69, 9.17) is 9.84 Å². The Hall–Kier alpha value is -2.29. The average molecular weight is 344 g/mol. The van der Waals surface area contributed by atoms with Crippen LogP contribution in [-0.2, 0) is 20.7 Å². The lowest BCUT2D eigenvalue weighted by molar-refractivity contribution is -0.137. The predicted octanol–water partition coefficient (Wildman–Crippen LogP) is 3.29. The van der Waals surface area contributed by atoms with Gasteiger partial charge in [0.15, 0.2) is 0 Å². The van der Waals surface area contributed by atoms with E-state index in [1.807, 2.05) is 0 Å². The van der Waals surface area contributed by atoms with Crippen LogP contribution in [-0.4, -0.2) is 37.0 Å². The number of hydrogen-bond acceptors (Lipinski definition) is 6.